The molecule has 136 valence electrons. The molecule has 0 unspecified atom stereocenters. The molecule has 0 amide bonds. The number of aromatic carboxylic acids is 1. The predicted octanol–water partition coefficient (Wildman–Crippen LogP) is 3.48. The number of carbonyl (C=O) groups is 2. The maximum atomic E-state index is 12.7. The highest BCUT2D eigenvalue weighted by atomic mass is 16.5. The van der Waals surface area contributed by atoms with Gasteiger partial charge in [-0.05, 0) is 44.1 Å². The molecule has 0 radical (unpaired) electrons. The molecule has 1 saturated heterocycles. The Morgan fingerprint density at radius 2 is 1.69 bits per heavy atom. The molecule has 1 aliphatic rings. The van der Waals surface area contributed by atoms with E-state index in [1.165, 1.54) is 31.4 Å². The van der Waals surface area contributed by atoms with Gasteiger partial charge in [0.25, 0.3) is 0 Å². The van der Waals surface area contributed by atoms with E-state index >= 15 is 0 Å². The number of likely N-dealkylation sites (tertiary alicyclic amines) is 1. The number of ketones is 1. The summed E-state index contributed by atoms with van der Waals surface area (Å²) in [4.78, 5) is 26.6. The molecule has 0 atom stereocenters. The SMILES string of the molecule is O=C(O)c1ccc(OCCN2CCCCC2)cc1C(=O)c1ccccc1. The topological polar surface area (TPSA) is 66.8 Å². The molecule has 0 saturated carbocycles. The van der Waals surface area contributed by atoms with Gasteiger partial charge in [-0.3, -0.25) is 9.69 Å². The van der Waals surface area contributed by atoms with Crippen molar-refractivity contribution in [3.8, 4) is 5.75 Å². The zero-order valence-corrected chi connectivity index (χ0v) is 14.7. The minimum absolute atomic E-state index is 0.0118. The Balaban J connectivity index is 1.73. The van der Waals surface area contributed by atoms with Gasteiger partial charge in [-0.1, -0.05) is 36.8 Å². The summed E-state index contributed by atoms with van der Waals surface area (Å²) in [5, 5.41) is 9.40. The van der Waals surface area contributed by atoms with Crippen LogP contribution in [0.3, 0.4) is 0 Å². The maximum absolute atomic E-state index is 12.7. The Kier molecular flexibility index (Phi) is 6.02. The minimum Gasteiger partial charge on any atom is -0.492 e. The molecule has 3 rings (SSSR count). The van der Waals surface area contributed by atoms with Gasteiger partial charge in [0.05, 0.1) is 5.56 Å². The van der Waals surface area contributed by atoms with Crippen molar-refractivity contribution in [1.82, 2.24) is 4.90 Å². The van der Waals surface area contributed by atoms with Crippen LogP contribution in [0, 0.1) is 0 Å². The van der Waals surface area contributed by atoms with Crippen molar-refractivity contribution < 1.29 is 19.4 Å². The Morgan fingerprint density at radius 3 is 2.38 bits per heavy atom. The van der Waals surface area contributed by atoms with Crippen LogP contribution in [-0.4, -0.2) is 48.0 Å². The van der Waals surface area contributed by atoms with Crippen LogP contribution in [-0.2, 0) is 0 Å². The first-order chi connectivity index (χ1) is 12.6. The van der Waals surface area contributed by atoms with E-state index in [0.717, 1.165) is 19.6 Å². The number of benzene rings is 2. The lowest BCUT2D eigenvalue weighted by molar-refractivity contribution is 0.0692. The Morgan fingerprint density at radius 1 is 0.962 bits per heavy atom. The lowest BCUT2D eigenvalue weighted by atomic mass is 9.98. The molecule has 26 heavy (non-hydrogen) atoms. The van der Waals surface area contributed by atoms with Gasteiger partial charge in [-0.2, -0.15) is 0 Å². The van der Waals surface area contributed by atoms with Gasteiger partial charge in [0.2, 0.25) is 0 Å². The standard InChI is InChI=1S/C21H23NO4/c23-20(16-7-3-1-4-8-16)19-15-17(9-10-18(19)21(24)25)26-14-13-22-11-5-2-6-12-22/h1,3-4,7-10,15H,2,5-6,11-14H2,(H,24,25). The highest BCUT2D eigenvalue weighted by molar-refractivity contribution is 6.14. The number of hydrogen-bond acceptors (Lipinski definition) is 4. The smallest absolute Gasteiger partial charge is 0.336 e. The quantitative estimate of drug-likeness (QED) is 0.772. The van der Waals surface area contributed by atoms with Crippen LogP contribution < -0.4 is 4.74 Å². The second-order valence-corrected chi connectivity index (χ2v) is 6.46. The summed E-state index contributed by atoms with van der Waals surface area (Å²) in [6.07, 6.45) is 3.74. The van der Waals surface area contributed by atoms with Crippen LogP contribution in [0.15, 0.2) is 48.5 Å². The summed E-state index contributed by atoms with van der Waals surface area (Å²) in [7, 11) is 0. The number of piperidine rings is 1. The molecule has 1 fully saturated rings. The van der Waals surface area contributed by atoms with Crippen molar-refractivity contribution in [1.29, 1.82) is 0 Å². The van der Waals surface area contributed by atoms with Crippen LogP contribution >= 0.6 is 0 Å². The fourth-order valence-corrected chi connectivity index (χ4v) is 3.21. The number of carboxylic acids is 1. The van der Waals surface area contributed by atoms with Crippen molar-refractivity contribution in [3.63, 3.8) is 0 Å². The van der Waals surface area contributed by atoms with E-state index in [1.54, 1.807) is 30.3 Å². The summed E-state index contributed by atoms with van der Waals surface area (Å²) >= 11 is 0. The largest absolute Gasteiger partial charge is 0.492 e. The zero-order valence-electron chi connectivity index (χ0n) is 14.7. The predicted molar refractivity (Wildman–Crippen MR) is 99.1 cm³/mol. The molecule has 5 nitrogen and oxygen atoms in total. The lowest BCUT2D eigenvalue weighted by Gasteiger charge is -2.26. The highest BCUT2D eigenvalue weighted by Gasteiger charge is 2.19. The molecule has 2 aromatic rings. The zero-order chi connectivity index (χ0) is 18.4. The highest BCUT2D eigenvalue weighted by Crippen LogP contribution is 2.21. The summed E-state index contributed by atoms with van der Waals surface area (Å²) in [6.45, 7) is 3.55. The Hall–Kier alpha value is -2.66. The normalized spacial score (nSPS) is 14.8. The minimum atomic E-state index is -1.12. The number of rotatable bonds is 7. The summed E-state index contributed by atoms with van der Waals surface area (Å²) < 4.78 is 5.78. The molecule has 5 heteroatoms. The Labute approximate surface area is 153 Å². The van der Waals surface area contributed by atoms with E-state index in [-0.39, 0.29) is 16.9 Å². The van der Waals surface area contributed by atoms with E-state index < -0.39 is 5.97 Å². The molecule has 1 heterocycles. The molecule has 1 aliphatic heterocycles. The molecule has 0 aromatic heterocycles. The monoisotopic (exact) mass is 353 g/mol. The van der Waals surface area contributed by atoms with Gasteiger partial charge in [-0.25, -0.2) is 4.79 Å². The van der Waals surface area contributed by atoms with Crippen LogP contribution in [0.5, 0.6) is 5.75 Å². The van der Waals surface area contributed by atoms with E-state index in [1.807, 2.05) is 6.07 Å². The number of ether oxygens (including phenoxy) is 1. The van der Waals surface area contributed by atoms with Gasteiger partial charge in [0.15, 0.2) is 5.78 Å². The fraction of sp³-hybridized carbons (Fsp3) is 0.333. The number of carbonyl (C=O) groups excluding carboxylic acids is 1. The van der Waals surface area contributed by atoms with Crippen LogP contribution in [0.2, 0.25) is 0 Å². The van der Waals surface area contributed by atoms with Gasteiger partial charge in [0, 0.05) is 17.7 Å². The lowest BCUT2D eigenvalue weighted by Crippen LogP contribution is -2.33. The molecule has 0 bridgehead atoms. The van der Waals surface area contributed by atoms with Gasteiger partial charge in [0.1, 0.15) is 12.4 Å². The van der Waals surface area contributed by atoms with Crippen LogP contribution in [0.4, 0.5) is 0 Å². The van der Waals surface area contributed by atoms with Gasteiger partial charge >= 0.3 is 5.97 Å². The molecular formula is C21H23NO4. The summed E-state index contributed by atoms with van der Waals surface area (Å²) in [6, 6.07) is 13.3. The second kappa shape index (κ2) is 8.63. The molecule has 2 aromatic carbocycles. The number of hydrogen-bond donors (Lipinski definition) is 1. The van der Waals surface area contributed by atoms with Crippen molar-refractivity contribution in [2.75, 3.05) is 26.2 Å². The summed E-state index contributed by atoms with van der Waals surface area (Å²) in [5.74, 6) is -0.917. The van der Waals surface area contributed by atoms with Gasteiger partial charge in [-0.15, -0.1) is 0 Å². The third-order valence-corrected chi connectivity index (χ3v) is 4.63. The van der Waals surface area contributed by atoms with Crippen molar-refractivity contribution in [3.05, 3.63) is 65.2 Å². The first kappa shape index (κ1) is 18.1. The fourth-order valence-electron chi connectivity index (χ4n) is 3.21. The molecule has 0 spiro atoms. The molecule has 1 N–H and O–H groups in total. The van der Waals surface area contributed by atoms with Crippen LogP contribution in [0.25, 0.3) is 0 Å². The second-order valence-electron chi connectivity index (χ2n) is 6.46. The number of carboxylic acid groups (broad SMARTS) is 1. The first-order valence-electron chi connectivity index (χ1n) is 8.97. The average molecular weight is 353 g/mol. The van der Waals surface area contributed by atoms with E-state index in [0.29, 0.717) is 17.9 Å². The average Bonchev–Trinajstić information content (AvgIpc) is 2.68. The third kappa shape index (κ3) is 4.49. The number of nitrogens with zero attached hydrogens (tertiary/aromatic N) is 1. The molecule has 0 aliphatic carbocycles. The van der Waals surface area contributed by atoms with E-state index in [9.17, 15) is 14.7 Å². The first-order valence-corrected chi connectivity index (χ1v) is 8.97. The molecular weight excluding hydrogens is 330 g/mol. The van der Waals surface area contributed by atoms with E-state index in [4.69, 9.17) is 4.74 Å². The Bertz CT molecular complexity index is 767. The van der Waals surface area contributed by atoms with Gasteiger partial charge < -0.3 is 9.84 Å². The van der Waals surface area contributed by atoms with Crippen molar-refractivity contribution in [2.24, 2.45) is 0 Å². The van der Waals surface area contributed by atoms with Crippen molar-refractivity contribution in [2.45, 2.75) is 19.3 Å². The maximum Gasteiger partial charge on any atom is 0.336 e. The van der Waals surface area contributed by atoms with Crippen molar-refractivity contribution >= 4 is 11.8 Å². The van der Waals surface area contributed by atoms with E-state index in [2.05, 4.69) is 4.90 Å². The van der Waals surface area contributed by atoms with Crippen LogP contribution in [0.1, 0.15) is 45.5 Å². The summed E-state index contributed by atoms with van der Waals surface area (Å²) in [5.41, 5.74) is 0.599. The third-order valence-electron chi connectivity index (χ3n) is 4.63.